The van der Waals surface area contributed by atoms with Crippen LogP contribution >= 0.6 is 15.9 Å². The van der Waals surface area contributed by atoms with Gasteiger partial charge in [0.15, 0.2) is 6.10 Å². The molecular weight excluding hydrogens is 408 g/mol. The number of halogens is 1. The van der Waals surface area contributed by atoms with Crippen LogP contribution in [0.15, 0.2) is 40.9 Å². The largest absolute Gasteiger partial charge is 0.480 e. The molecule has 6 heteroatoms. The van der Waals surface area contributed by atoms with Gasteiger partial charge in [-0.3, -0.25) is 9.59 Å². The summed E-state index contributed by atoms with van der Waals surface area (Å²) in [6.45, 7) is 5.64. The van der Waals surface area contributed by atoms with E-state index in [1.54, 1.807) is 14.0 Å². The maximum Gasteiger partial charge on any atom is 0.265 e. The van der Waals surface area contributed by atoms with E-state index in [2.05, 4.69) is 26.6 Å². The van der Waals surface area contributed by atoms with E-state index in [4.69, 9.17) is 4.74 Å². The maximum absolute atomic E-state index is 12.4. The number of carbonyl (C=O) groups is 2. The van der Waals surface area contributed by atoms with Gasteiger partial charge >= 0.3 is 0 Å². The molecule has 0 saturated carbocycles. The van der Waals surface area contributed by atoms with Gasteiger partial charge in [0.05, 0.1) is 0 Å². The van der Waals surface area contributed by atoms with Gasteiger partial charge in [0, 0.05) is 23.6 Å². The summed E-state index contributed by atoms with van der Waals surface area (Å²) in [5.41, 5.74) is 3.69. The third-order valence-corrected chi connectivity index (χ3v) is 4.69. The monoisotopic (exact) mass is 432 g/mol. The minimum atomic E-state index is -0.628. The van der Waals surface area contributed by atoms with Crippen LogP contribution in [-0.2, 0) is 16.0 Å². The standard InChI is InChI=1S/C21H25BrN2O3/c1-13-11-17(22)12-14(2)20(13)27-15(3)21(26)24-18-8-5-16(6-9-18)7-10-19(25)23-4/h5-6,8-9,11-12,15H,7,10H2,1-4H3,(H,23,25)(H,24,26). The predicted molar refractivity (Wildman–Crippen MR) is 111 cm³/mol. The number of hydrogen-bond acceptors (Lipinski definition) is 3. The highest BCUT2D eigenvalue weighted by molar-refractivity contribution is 9.10. The van der Waals surface area contributed by atoms with Crippen molar-refractivity contribution in [3.8, 4) is 5.75 Å². The van der Waals surface area contributed by atoms with Crippen LogP contribution < -0.4 is 15.4 Å². The van der Waals surface area contributed by atoms with E-state index in [1.165, 1.54) is 0 Å². The lowest BCUT2D eigenvalue weighted by Gasteiger charge is -2.18. The highest BCUT2D eigenvalue weighted by Gasteiger charge is 2.17. The summed E-state index contributed by atoms with van der Waals surface area (Å²) < 4.78 is 6.87. The Hall–Kier alpha value is -2.34. The Morgan fingerprint density at radius 3 is 2.26 bits per heavy atom. The number of carbonyl (C=O) groups excluding carboxylic acids is 2. The zero-order chi connectivity index (χ0) is 20.0. The molecule has 0 radical (unpaired) electrons. The van der Waals surface area contributed by atoms with E-state index in [9.17, 15) is 9.59 Å². The Labute approximate surface area is 168 Å². The third-order valence-electron chi connectivity index (χ3n) is 4.23. The Kier molecular flexibility index (Phi) is 7.42. The third kappa shape index (κ3) is 6.10. The number of rotatable bonds is 7. The highest BCUT2D eigenvalue weighted by Crippen LogP contribution is 2.28. The molecule has 0 bridgehead atoms. The summed E-state index contributed by atoms with van der Waals surface area (Å²) in [5, 5.41) is 5.47. The van der Waals surface area contributed by atoms with Gasteiger partial charge in [-0.2, -0.15) is 0 Å². The fourth-order valence-corrected chi connectivity index (χ4v) is 3.38. The van der Waals surface area contributed by atoms with Crippen LogP contribution in [0.2, 0.25) is 0 Å². The fraction of sp³-hybridized carbons (Fsp3) is 0.333. The first-order chi connectivity index (χ1) is 12.8. The van der Waals surface area contributed by atoms with Gasteiger partial charge in [-0.05, 0) is 68.1 Å². The van der Waals surface area contributed by atoms with Crippen molar-refractivity contribution in [3.63, 3.8) is 0 Å². The Morgan fingerprint density at radius 1 is 1.11 bits per heavy atom. The minimum Gasteiger partial charge on any atom is -0.480 e. The molecule has 0 heterocycles. The van der Waals surface area contributed by atoms with E-state index >= 15 is 0 Å². The Morgan fingerprint density at radius 2 is 1.70 bits per heavy atom. The van der Waals surface area contributed by atoms with Crippen LogP contribution in [0.25, 0.3) is 0 Å². The molecule has 5 nitrogen and oxygen atoms in total. The molecule has 2 aromatic carbocycles. The van der Waals surface area contributed by atoms with Crippen LogP contribution in [0.5, 0.6) is 5.75 Å². The number of ether oxygens (including phenoxy) is 1. The molecule has 2 amide bonds. The van der Waals surface area contributed by atoms with Gasteiger partial charge in [-0.1, -0.05) is 28.1 Å². The van der Waals surface area contributed by atoms with Gasteiger partial charge in [0.1, 0.15) is 5.75 Å². The summed E-state index contributed by atoms with van der Waals surface area (Å²) in [6.07, 6.45) is 0.477. The van der Waals surface area contributed by atoms with Gasteiger partial charge in [0.2, 0.25) is 5.91 Å². The molecule has 0 aliphatic carbocycles. The first-order valence-corrected chi connectivity index (χ1v) is 9.63. The SMILES string of the molecule is CNC(=O)CCc1ccc(NC(=O)C(C)Oc2c(C)cc(Br)cc2C)cc1. The normalized spacial score (nSPS) is 11.6. The highest BCUT2D eigenvalue weighted by atomic mass is 79.9. The van der Waals surface area contributed by atoms with Gasteiger partial charge in [-0.25, -0.2) is 0 Å². The number of nitrogens with one attached hydrogen (secondary N) is 2. The van der Waals surface area contributed by atoms with Crippen molar-refractivity contribution in [2.75, 3.05) is 12.4 Å². The van der Waals surface area contributed by atoms with Gasteiger partial charge in [-0.15, -0.1) is 0 Å². The molecule has 1 unspecified atom stereocenters. The Balaban J connectivity index is 1.95. The number of anilines is 1. The van der Waals surface area contributed by atoms with Crippen molar-refractivity contribution in [2.45, 2.75) is 39.7 Å². The molecule has 144 valence electrons. The van der Waals surface area contributed by atoms with E-state index in [-0.39, 0.29) is 11.8 Å². The van der Waals surface area contributed by atoms with Gasteiger partial charge in [0.25, 0.3) is 5.91 Å². The fourth-order valence-electron chi connectivity index (χ4n) is 2.70. The summed E-state index contributed by atoms with van der Waals surface area (Å²) in [4.78, 5) is 23.8. The Bertz CT molecular complexity index is 796. The van der Waals surface area contributed by atoms with E-state index in [0.717, 1.165) is 26.9 Å². The minimum absolute atomic E-state index is 0.0110. The van der Waals surface area contributed by atoms with Crippen molar-refractivity contribution >= 4 is 33.4 Å². The van der Waals surface area contributed by atoms with Crippen LogP contribution in [-0.4, -0.2) is 25.0 Å². The molecule has 0 saturated heterocycles. The molecule has 2 rings (SSSR count). The average molecular weight is 433 g/mol. The van der Waals surface area contributed by atoms with E-state index in [1.807, 2.05) is 50.2 Å². The van der Waals surface area contributed by atoms with Crippen LogP contribution in [0, 0.1) is 13.8 Å². The quantitative estimate of drug-likeness (QED) is 0.690. The zero-order valence-corrected chi connectivity index (χ0v) is 17.6. The second-order valence-electron chi connectivity index (χ2n) is 6.49. The van der Waals surface area contributed by atoms with E-state index < -0.39 is 6.10 Å². The van der Waals surface area contributed by atoms with Crippen molar-refractivity contribution in [2.24, 2.45) is 0 Å². The van der Waals surface area contributed by atoms with Crippen LogP contribution in [0.4, 0.5) is 5.69 Å². The second kappa shape index (κ2) is 9.55. The lowest BCUT2D eigenvalue weighted by molar-refractivity contribution is -0.122. The second-order valence-corrected chi connectivity index (χ2v) is 7.40. The van der Waals surface area contributed by atoms with Crippen molar-refractivity contribution in [3.05, 3.63) is 57.6 Å². The zero-order valence-electron chi connectivity index (χ0n) is 16.1. The molecule has 2 aromatic rings. The topological polar surface area (TPSA) is 67.4 Å². The lowest BCUT2D eigenvalue weighted by Crippen LogP contribution is -2.30. The first-order valence-electron chi connectivity index (χ1n) is 8.84. The number of aryl methyl sites for hydroxylation is 3. The molecule has 0 spiro atoms. The van der Waals surface area contributed by atoms with E-state index in [0.29, 0.717) is 18.5 Å². The maximum atomic E-state index is 12.4. The van der Waals surface area contributed by atoms with Crippen LogP contribution in [0.1, 0.15) is 30.0 Å². The number of amides is 2. The predicted octanol–water partition coefficient (Wildman–Crippen LogP) is 4.15. The summed E-state index contributed by atoms with van der Waals surface area (Å²) in [5.74, 6) is 0.525. The van der Waals surface area contributed by atoms with Crippen molar-refractivity contribution in [1.29, 1.82) is 0 Å². The molecular formula is C21H25BrN2O3. The summed E-state index contributed by atoms with van der Waals surface area (Å²) in [7, 11) is 1.63. The molecule has 0 fully saturated rings. The lowest BCUT2D eigenvalue weighted by atomic mass is 10.1. The molecule has 27 heavy (non-hydrogen) atoms. The summed E-state index contributed by atoms with van der Waals surface area (Å²) >= 11 is 3.46. The van der Waals surface area contributed by atoms with Crippen molar-refractivity contribution in [1.82, 2.24) is 5.32 Å². The molecule has 0 aromatic heterocycles. The molecule has 0 aliphatic rings. The number of hydrogen-bond donors (Lipinski definition) is 2. The first kappa shape index (κ1) is 21.0. The smallest absolute Gasteiger partial charge is 0.265 e. The molecule has 2 N–H and O–H groups in total. The average Bonchev–Trinajstić information content (AvgIpc) is 2.63. The summed E-state index contributed by atoms with van der Waals surface area (Å²) in [6, 6.07) is 11.4. The van der Waals surface area contributed by atoms with Crippen LogP contribution in [0.3, 0.4) is 0 Å². The molecule has 0 aliphatic heterocycles. The van der Waals surface area contributed by atoms with Crippen molar-refractivity contribution < 1.29 is 14.3 Å². The number of benzene rings is 2. The van der Waals surface area contributed by atoms with Gasteiger partial charge < -0.3 is 15.4 Å². The molecule has 1 atom stereocenters.